The molecular formula is C16H14Cl2N4O2. The molecule has 0 aliphatic carbocycles. The molecule has 6 nitrogen and oxygen atoms in total. The summed E-state index contributed by atoms with van der Waals surface area (Å²) in [6, 6.07) is 4.54. The van der Waals surface area contributed by atoms with Crippen LogP contribution in [0.4, 0.5) is 5.95 Å². The number of fused-ring (bicyclic) bond motifs is 1. The molecule has 124 valence electrons. The van der Waals surface area contributed by atoms with Gasteiger partial charge in [0.1, 0.15) is 19.0 Å². The van der Waals surface area contributed by atoms with E-state index < -0.39 is 12.0 Å². The van der Waals surface area contributed by atoms with E-state index in [1.165, 1.54) is 12.4 Å². The fraction of sp³-hybridized carbons (Fsp3) is 0.188. The predicted octanol–water partition coefficient (Wildman–Crippen LogP) is 3.60. The van der Waals surface area contributed by atoms with Crippen molar-refractivity contribution >= 4 is 35.1 Å². The van der Waals surface area contributed by atoms with Gasteiger partial charge in [0, 0.05) is 21.3 Å². The molecule has 0 amide bonds. The fourth-order valence-electron chi connectivity index (χ4n) is 2.58. The van der Waals surface area contributed by atoms with Crippen LogP contribution in [0.3, 0.4) is 0 Å². The van der Waals surface area contributed by atoms with Crippen LogP contribution < -0.4 is 5.32 Å². The van der Waals surface area contributed by atoms with Gasteiger partial charge in [0.2, 0.25) is 5.95 Å². The number of aromatic nitrogens is 3. The minimum atomic E-state index is -0.564. The van der Waals surface area contributed by atoms with Gasteiger partial charge in [-0.25, -0.2) is 9.48 Å². The van der Waals surface area contributed by atoms with Gasteiger partial charge < -0.3 is 10.1 Å². The molecule has 8 heteroatoms. The van der Waals surface area contributed by atoms with E-state index in [-0.39, 0.29) is 6.61 Å². The van der Waals surface area contributed by atoms with Gasteiger partial charge in [0.25, 0.3) is 0 Å². The van der Waals surface area contributed by atoms with Gasteiger partial charge in [0.15, 0.2) is 0 Å². The monoisotopic (exact) mass is 364 g/mol. The van der Waals surface area contributed by atoms with Crippen LogP contribution in [0.1, 0.15) is 18.5 Å². The number of allylic oxidation sites excluding steroid dienone is 1. The maximum atomic E-state index is 12.6. The largest absolute Gasteiger partial charge is 0.458 e. The van der Waals surface area contributed by atoms with E-state index in [4.69, 9.17) is 27.9 Å². The average Bonchev–Trinajstić information content (AvgIpc) is 2.99. The minimum Gasteiger partial charge on any atom is -0.458 e. The average molecular weight is 365 g/mol. The molecule has 0 saturated carbocycles. The van der Waals surface area contributed by atoms with Crippen molar-refractivity contribution in [3.8, 4) is 0 Å². The number of hydrogen-bond donors (Lipinski definition) is 1. The number of hydrogen-bond acceptors (Lipinski definition) is 5. The van der Waals surface area contributed by atoms with Crippen LogP contribution in [-0.2, 0) is 9.53 Å². The Labute approximate surface area is 148 Å². The molecule has 1 N–H and O–H groups in total. The molecular weight excluding hydrogens is 351 g/mol. The van der Waals surface area contributed by atoms with E-state index >= 15 is 0 Å². The first kappa shape index (κ1) is 16.5. The maximum absolute atomic E-state index is 12.6. The SMILES string of the molecule is C=CCOC(=O)C1=C(C)Nc2ncnn2C1c1ccc(Cl)cc1Cl. The second-order valence-corrected chi connectivity index (χ2v) is 5.99. The van der Waals surface area contributed by atoms with E-state index in [1.54, 1.807) is 29.8 Å². The summed E-state index contributed by atoms with van der Waals surface area (Å²) in [6.07, 6.45) is 2.92. The Hall–Kier alpha value is -2.31. The van der Waals surface area contributed by atoms with Gasteiger partial charge in [0.05, 0.1) is 5.57 Å². The standard InChI is InChI=1S/C16H14Cl2N4O2/c1-3-6-24-15(23)13-9(2)21-16-19-8-20-22(16)14(13)11-5-4-10(17)7-12(11)18/h3-5,7-8,14H,1,6H2,2H3,(H,19,20,21). The quantitative estimate of drug-likeness (QED) is 0.662. The van der Waals surface area contributed by atoms with Crippen molar-refractivity contribution in [1.29, 1.82) is 0 Å². The van der Waals surface area contributed by atoms with Crippen molar-refractivity contribution in [2.75, 3.05) is 11.9 Å². The summed E-state index contributed by atoms with van der Waals surface area (Å²) >= 11 is 12.3. The van der Waals surface area contributed by atoms with E-state index in [0.29, 0.717) is 32.8 Å². The number of esters is 1. The van der Waals surface area contributed by atoms with Crippen molar-refractivity contribution in [3.05, 3.63) is 64.1 Å². The second-order valence-electron chi connectivity index (χ2n) is 5.15. The first-order valence-corrected chi connectivity index (χ1v) is 7.88. The number of rotatable bonds is 4. The Morgan fingerprint density at radius 3 is 3.00 bits per heavy atom. The van der Waals surface area contributed by atoms with Gasteiger partial charge in [-0.3, -0.25) is 0 Å². The number of carbonyl (C=O) groups is 1. The Morgan fingerprint density at radius 1 is 1.50 bits per heavy atom. The Balaban J connectivity index is 2.14. The summed E-state index contributed by atoms with van der Waals surface area (Å²) < 4.78 is 6.81. The number of carbonyl (C=O) groups excluding carboxylic acids is 1. The highest BCUT2D eigenvalue weighted by atomic mass is 35.5. The minimum absolute atomic E-state index is 0.112. The third kappa shape index (κ3) is 2.90. The summed E-state index contributed by atoms with van der Waals surface area (Å²) in [4.78, 5) is 16.7. The highest BCUT2D eigenvalue weighted by molar-refractivity contribution is 6.35. The summed E-state index contributed by atoms with van der Waals surface area (Å²) in [5.74, 6) is 0.0425. The van der Waals surface area contributed by atoms with E-state index in [1.807, 2.05) is 0 Å². The molecule has 1 atom stereocenters. The van der Waals surface area contributed by atoms with Gasteiger partial charge in [-0.15, -0.1) is 0 Å². The summed E-state index contributed by atoms with van der Waals surface area (Å²) in [5.41, 5.74) is 1.71. The molecule has 2 heterocycles. The molecule has 0 spiro atoms. The number of ether oxygens (including phenoxy) is 1. The third-order valence-electron chi connectivity index (χ3n) is 3.60. The van der Waals surface area contributed by atoms with E-state index in [2.05, 4.69) is 22.0 Å². The highest BCUT2D eigenvalue weighted by Gasteiger charge is 2.35. The lowest BCUT2D eigenvalue weighted by molar-refractivity contribution is -0.138. The van der Waals surface area contributed by atoms with E-state index in [0.717, 1.165) is 0 Å². The number of halogens is 2. The first-order chi connectivity index (χ1) is 11.5. The fourth-order valence-corrected chi connectivity index (χ4v) is 3.09. The smallest absolute Gasteiger partial charge is 0.338 e. The molecule has 0 bridgehead atoms. The number of benzene rings is 1. The lowest BCUT2D eigenvalue weighted by atomic mass is 9.96. The maximum Gasteiger partial charge on any atom is 0.338 e. The zero-order valence-electron chi connectivity index (χ0n) is 12.8. The van der Waals surface area contributed by atoms with E-state index in [9.17, 15) is 4.79 Å². The van der Waals surface area contributed by atoms with Crippen LogP contribution in [0.2, 0.25) is 10.0 Å². The van der Waals surface area contributed by atoms with Gasteiger partial charge >= 0.3 is 5.97 Å². The molecule has 2 aromatic rings. The van der Waals surface area contributed by atoms with Crippen molar-refractivity contribution in [1.82, 2.24) is 14.8 Å². The normalized spacial score (nSPS) is 16.4. The summed E-state index contributed by atoms with van der Waals surface area (Å²) in [7, 11) is 0. The van der Waals surface area contributed by atoms with Crippen molar-refractivity contribution in [3.63, 3.8) is 0 Å². The molecule has 0 fully saturated rings. The van der Waals surface area contributed by atoms with Crippen molar-refractivity contribution in [2.24, 2.45) is 0 Å². The lowest BCUT2D eigenvalue weighted by Crippen LogP contribution is -2.29. The van der Waals surface area contributed by atoms with Crippen LogP contribution in [0, 0.1) is 0 Å². The van der Waals surface area contributed by atoms with Crippen LogP contribution in [0.5, 0.6) is 0 Å². The first-order valence-electron chi connectivity index (χ1n) is 7.13. The number of nitrogens with one attached hydrogen (secondary N) is 1. The molecule has 3 rings (SSSR count). The molecule has 0 radical (unpaired) electrons. The van der Waals surface area contributed by atoms with Crippen LogP contribution in [-0.4, -0.2) is 27.3 Å². The molecule has 1 aliphatic heterocycles. The van der Waals surface area contributed by atoms with Crippen LogP contribution >= 0.6 is 23.2 Å². The molecule has 0 saturated heterocycles. The zero-order valence-corrected chi connectivity index (χ0v) is 14.3. The van der Waals surface area contributed by atoms with Crippen molar-refractivity contribution in [2.45, 2.75) is 13.0 Å². The molecule has 1 aromatic carbocycles. The molecule has 1 unspecified atom stereocenters. The Bertz CT molecular complexity index is 844. The summed E-state index contributed by atoms with van der Waals surface area (Å²) in [6.45, 7) is 5.44. The molecule has 1 aromatic heterocycles. The summed E-state index contributed by atoms with van der Waals surface area (Å²) in [5, 5.41) is 8.20. The third-order valence-corrected chi connectivity index (χ3v) is 4.17. The number of anilines is 1. The lowest BCUT2D eigenvalue weighted by Gasteiger charge is -2.28. The Morgan fingerprint density at radius 2 is 2.29 bits per heavy atom. The molecule has 1 aliphatic rings. The predicted molar refractivity (Wildman–Crippen MR) is 92.1 cm³/mol. The van der Waals surface area contributed by atoms with Gasteiger partial charge in [-0.2, -0.15) is 10.1 Å². The van der Waals surface area contributed by atoms with Crippen molar-refractivity contribution < 1.29 is 9.53 Å². The zero-order chi connectivity index (χ0) is 17.3. The number of nitrogens with zero attached hydrogens (tertiary/aromatic N) is 3. The van der Waals surface area contributed by atoms with Gasteiger partial charge in [-0.1, -0.05) is 41.9 Å². The second kappa shape index (κ2) is 6.67. The highest BCUT2D eigenvalue weighted by Crippen LogP contribution is 2.38. The Kier molecular flexibility index (Phi) is 4.59. The van der Waals surface area contributed by atoms with Crippen LogP contribution in [0.15, 0.2) is 48.5 Å². The van der Waals surface area contributed by atoms with Crippen LogP contribution in [0.25, 0.3) is 0 Å². The van der Waals surface area contributed by atoms with Gasteiger partial charge in [-0.05, 0) is 19.1 Å². The molecule has 24 heavy (non-hydrogen) atoms. The topological polar surface area (TPSA) is 69.0 Å².